The van der Waals surface area contributed by atoms with Gasteiger partial charge in [-0.15, -0.1) is 0 Å². The number of nitrogens with zero attached hydrogens (tertiary/aromatic N) is 3. The van der Waals surface area contributed by atoms with E-state index in [-0.39, 0.29) is 5.92 Å². The van der Waals surface area contributed by atoms with Crippen LogP contribution in [0.4, 0.5) is 5.13 Å². The van der Waals surface area contributed by atoms with Crippen molar-refractivity contribution in [3.63, 3.8) is 0 Å². The van der Waals surface area contributed by atoms with Crippen molar-refractivity contribution in [1.82, 2.24) is 9.88 Å². The molecule has 5 nitrogen and oxygen atoms in total. The van der Waals surface area contributed by atoms with Gasteiger partial charge in [-0.3, -0.25) is 4.79 Å². The Labute approximate surface area is 146 Å². The molecule has 0 radical (unpaired) electrons. The number of amides is 1. The Balaban J connectivity index is 1.43. The predicted octanol–water partition coefficient (Wildman–Crippen LogP) is 2.76. The number of fused-ring (bicyclic) bond motifs is 1. The quantitative estimate of drug-likeness (QED) is 0.840. The third kappa shape index (κ3) is 3.26. The van der Waals surface area contributed by atoms with Crippen molar-refractivity contribution < 1.29 is 9.53 Å². The van der Waals surface area contributed by atoms with Crippen LogP contribution in [0.15, 0.2) is 24.3 Å². The molecule has 2 aromatic rings. The molecule has 2 aliphatic heterocycles. The third-order valence-corrected chi connectivity index (χ3v) is 6.03. The van der Waals surface area contributed by atoms with E-state index < -0.39 is 0 Å². The van der Waals surface area contributed by atoms with E-state index in [4.69, 9.17) is 9.72 Å². The highest BCUT2D eigenvalue weighted by molar-refractivity contribution is 7.22. The summed E-state index contributed by atoms with van der Waals surface area (Å²) in [6.07, 6.45) is 2.75. The lowest BCUT2D eigenvalue weighted by atomic mass is 9.98. The Morgan fingerprint density at radius 1 is 1.12 bits per heavy atom. The molecule has 2 saturated heterocycles. The van der Waals surface area contributed by atoms with Crippen LogP contribution in [0.1, 0.15) is 19.3 Å². The predicted molar refractivity (Wildman–Crippen MR) is 96.6 cm³/mol. The molecule has 0 bridgehead atoms. The molecule has 0 N–H and O–H groups in total. The lowest BCUT2D eigenvalue weighted by Gasteiger charge is -2.28. The highest BCUT2D eigenvalue weighted by Gasteiger charge is 2.28. The van der Waals surface area contributed by atoms with Crippen LogP contribution in [-0.4, -0.2) is 55.2 Å². The summed E-state index contributed by atoms with van der Waals surface area (Å²) in [5.41, 5.74) is 1.07. The number of rotatable bonds is 2. The summed E-state index contributed by atoms with van der Waals surface area (Å²) in [5.74, 6) is 0.484. The van der Waals surface area contributed by atoms with E-state index in [9.17, 15) is 4.79 Å². The average molecular weight is 345 g/mol. The Kier molecular flexibility index (Phi) is 4.67. The van der Waals surface area contributed by atoms with Crippen LogP contribution in [0, 0.1) is 5.92 Å². The lowest BCUT2D eigenvalue weighted by molar-refractivity contribution is -0.138. The molecule has 2 aliphatic rings. The molecule has 1 aromatic heterocycles. The minimum atomic E-state index is 0.160. The number of aromatic nitrogens is 1. The fourth-order valence-electron chi connectivity index (χ4n) is 3.53. The molecule has 6 heteroatoms. The van der Waals surface area contributed by atoms with Gasteiger partial charge in [0.15, 0.2) is 5.13 Å². The fraction of sp³-hybridized carbons (Fsp3) is 0.556. The van der Waals surface area contributed by atoms with Gasteiger partial charge in [-0.25, -0.2) is 4.98 Å². The number of hydrogen-bond donors (Lipinski definition) is 0. The third-order valence-electron chi connectivity index (χ3n) is 4.93. The Morgan fingerprint density at radius 3 is 2.79 bits per heavy atom. The van der Waals surface area contributed by atoms with E-state index in [2.05, 4.69) is 28.0 Å². The van der Waals surface area contributed by atoms with E-state index in [0.717, 1.165) is 69.3 Å². The van der Waals surface area contributed by atoms with Crippen molar-refractivity contribution in [3.8, 4) is 0 Å². The normalized spacial score (nSPS) is 20.3. The second-order valence-electron chi connectivity index (χ2n) is 6.52. The van der Waals surface area contributed by atoms with Gasteiger partial charge in [0.25, 0.3) is 0 Å². The maximum Gasteiger partial charge on any atom is 0.225 e. The van der Waals surface area contributed by atoms with Crippen molar-refractivity contribution in [2.45, 2.75) is 19.3 Å². The molecule has 3 heterocycles. The molecule has 2 fully saturated rings. The van der Waals surface area contributed by atoms with E-state index in [1.165, 1.54) is 4.70 Å². The second kappa shape index (κ2) is 7.07. The number of carbonyl (C=O) groups is 1. The molecule has 4 rings (SSSR count). The Morgan fingerprint density at radius 2 is 1.96 bits per heavy atom. The van der Waals surface area contributed by atoms with Crippen LogP contribution in [0.5, 0.6) is 0 Å². The van der Waals surface area contributed by atoms with Crippen molar-refractivity contribution in [3.05, 3.63) is 24.3 Å². The average Bonchev–Trinajstić information content (AvgIpc) is 2.91. The van der Waals surface area contributed by atoms with Crippen LogP contribution >= 0.6 is 11.3 Å². The molecule has 1 amide bonds. The number of carbonyl (C=O) groups excluding carboxylic acids is 1. The van der Waals surface area contributed by atoms with Gasteiger partial charge in [-0.1, -0.05) is 23.5 Å². The van der Waals surface area contributed by atoms with Crippen LogP contribution in [0.2, 0.25) is 0 Å². The summed E-state index contributed by atoms with van der Waals surface area (Å²) in [6, 6.07) is 8.27. The van der Waals surface area contributed by atoms with Crippen LogP contribution in [0.3, 0.4) is 0 Å². The van der Waals surface area contributed by atoms with Gasteiger partial charge in [-0.05, 0) is 31.4 Å². The van der Waals surface area contributed by atoms with E-state index in [0.29, 0.717) is 5.91 Å². The van der Waals surface area contributed by atoms with E-state index in [1.807, 2.05) is 6.07 Å². The summed E-state index contributed by atoms with van der Waals surface area (Å²) < 4.78 is 6.61. The minimum absolute atomic E-state index is 0.160. The molecule has 0 aliphatic carbocycles. The highest BCUT2D eigenvalue weighted by Crippen LogP contribution is 2.29. The molecular formula is C18H23N3O2S. The molecule has 128 valence electrons. The topological polar surface area (TPSA) is 45.7 Å². The van der Waals surface area contributed by atoms with E-state index >= 15 is 0 Å². The zero-order chi connectivity index (χ0) is 16.4. The van der Waals surface area contributed by atoms with Gasteiger partial charge >= 0.3 is 0 Å². The maximum atomic E-state index is 12.7. The first kappa shape index (κ1) is 15.8. The summed E-state index contributed by atoms with van der Waals surface area (Å²) in [6.45, 7) is 4.94. The molecule has 0 unspecified atom stereocenters. The van der Waals surface area contributed by atoms with Crippen LogP contribution in [-0.2, 0) is 9.53 Å². The zero-order valence-corrected chi connectivity index (χ0v) is 14.6. The Bertz CT molecular complexity index is 678. The zero-order valence-electron chi connectivity index (χ0n) is 13.8. The number of hydrogen-bond acceptors (Lipinski definition) is 5. The number of ether oxygens (including phenoxy) is 1. The maximum absolute atomic E-state index is 12.7. The first-order chi connectivity index (χ1) is 11.8. The summed E-state index contributed by atoms with van der Waals surface area (Å²) >= 11 is 1.75. The van der Waals surface area contributed by atoms with Gasteiger partial charge in [0.1, 0.15) is 0 Å². The first-order valence-corrected chi connectivity index (χ1v) is 9.60. The van der Waals surface area contributed by atoms with Gasteiger partial charge in [-0.2, -0.15) is 0 Å². The van der Waals surface area contributed by atoms with Crippen molar-refractivity contribution in [1.29, 1.82) is 0 Å². The van der Waals surface area contributed by atoms with Crippen molar-refractivity contribution in [2.75, 3.05) is 44.3 Å². The van der Waals surface area contributed by atoms with E-state index in [1.54, 1.807) is 11.3 Å². The standard InChI is InChI=1S/C18H23N3O2S/c22-17(14-6-12-23-13-7-14)20-8-3-9-21(11-10-20)18-19-15-4-1-2-5-16(15)24-18/h1-2,4-5,14H,3,6-13H2. The molecule has 0 saturated carbocycles. The summed E-state index contributed by atoms with van der Waals surface area (Å²) in [4.78, 5) is 21.9. The second-order valence-corrected chi connectivity index (χ2v) is 7.53. The molecule has 0 spiro atoms. The Hall–Kier alpha value is -1.66. The van der Waals surface area contributed by atoms with Gasteiger partial charge in [0, 0.05) is 45.3 Å². The first-order valence-electron chi connectivity index (χ1n) is 8.78. The number of benzene rings is 1. The van der Waals surface area contributed by atoms with Crippen molar-refractivity contribution in [2.24, 2.45) is 5.92 Å². The van der Waals surface area contributed by atoms with Gasteiger partial charge < -0.3 is 14.5 Å². The smallest absolute Gasteiger partial charge is 0.225 e. The summed E-state index contributed by atoms with van der Waals surface area (Å²) in [7, 11) is 0. The van der Waals surface area contributed by atoms with Crippen LogP contribution < -0.4 is 4.90 Å². The summed E-state index contributed by atoms with van der Waals surface area (Å²) in [5, 5.41) is 1.08. The molecule has 0 atom stereocenters. The molecule has 1 aromatic carbocycles. The lowest BCUT2D eigenvalue weighted by Crippen LogP contribution is -2.40. The monoisotopic (exact) mass is 345 g/mol. The fourth-order valence-corrected chi connectivity index (χ4v) is 4.54. The number of thiazole rings is 1. The van der Waals surface area contributed by atoms with Crippen molar-refractivity contribution >= 4 is 32.6 Å². The number of para-hydroxylation sites is 1. The molecule has 24 heavy (non-hydrogen) atoms. The van der Waals surface area contributed by atoms with Crippen LogP contribution in [0.25, 0.3) is 10.2 Å². The SMILES string of the molecule is O=C(C1CCOCC1)N1CCCN(c2nc3ccccc3s2)CC1. The number of anilines is 1. The van der Waals surface area contributed by atoms with Gasteiger partial charge in [0.05, 0.1) is 10.2 Å². The largest absolute Gasteiger partial charge is 0.381 e. The van der Waals surface area contributed by atoms with Gasteiger partial charge in [0.2, 0.25) is 5.91 Å². The minimum Gasteiger partial charge on any atom is -0.381 e. The molecular weight excluding hydrogens is 322 g/mol. The highest BCUT2D eigenvalue weighted by atomic mass is 32.1.